The topological polar surface area (TPSA) is 9.23 Å². The van der Waals surface area contributed by atoms with Crippen molar-refractivity contribution < 1.29 is 4.74 Å². The molecule has 0 bridgehead atoms. The molecule has 0 aliphatic carbocycles. The zero-order chi connectivity index (χ0) is 7.68. The fourth-order valence-electron chi connectivity index (χ4n) is 1.35. The summed E-state index contributed by atoms with van der Waals surface area (Å²) in [6.45, 7) is 0.860. The van der Waals surface area contributed by atoms with Gasteiger partial charge in [-0.1, -0.05) is 0 Å². The van der Waals surface area contributed by atoms with E-state index >= 15 is 0 Å². The van der Waals surface area contributed by atoms with Crippen molar-refractivity contribution in [1.82, 2.24) is 0 Å². The Balaban J connectivity index is 2.43. The fourth-order valence-corrected chi connectivity index (χ4v) is 1.58. The second-order valence-corrected chi connectivity index (χ2v) is 3.26. The van der Waals surface area contributed by atoms with Crippen LogP contribution in [0, 0.1) is 0 Å². The van der Waals surface area contributed by atoms with Gasteiger partial charge in [0.15, 0.2) is 0 Å². The van der Waals surface area contributed by atoms with Crippen molar-refractivity contribution in [3.8, 4) is 5.75 Å². The molecule has 0 amide bonds. The second-order valence-electron chi connectivity index (χ2n) is 2.74. The SMILES string of the molecule is Sc1ccc2c(c1)CCCO2. The van der Waals surface area contributed by atoms with E-state index < -0.39 is 0 Å². The fraction of sp³-hybridized carbons (Fsp3) is 0.333. The number of aryl methyl sites for hydroxylation is 1. The van der Waals surface area contributed by atoms with Gasteiger partial charge in [0.25, 0.3) is 0 Å². The summed E-state index contributed by atoms with van der Waals surface area (Å²) in [7, 11) is 0. The Morgan fingerprint density at radius 2 is 2.27 bits per heavy atom. The van der Waals surface area contributed by atoms with Gasteiger partial charge in [-0.25, -0.2) is 0 Å². The van der Waals surface area contributed by atoms with Crippen molar-refractivity contribution in [1.29, 1.82) is 0 Å². The highest BCUT2D eigenvalue weighted by Crippen LogP contribution is 2.26. The predicted molar refractivity (Wildman–Crippen MR) is 47.5 cm³/mol. The van der Waals surface area contributed by atoms with Crippen molar-refractivity contribution in [3.05, 3.63) is 23.8 Å². The van der Waals surface area contributed by atoms with Gasteiger partial charge in [0, 0.05) is 4.90 Å². The van der Waals surface area contributed by atoms with Crippen LogP contribution < -0.4 is 4.74 Å². The standard InChI is InChI=1S/C9H10OS/c11-8-3-4-9-7(6-8)2-1-5-10-9/h3-4,6,11H,1-2,5H2. The monoisotopic (exact) mass is 166 g/mol. The second kappa shape index (κ2) is 2.78. The molecule has 1 aliphatic heterocycles. The Hall–Kier alpha value is -0.630. The molecule has 1 aromatic carbocycles. The van der Waals surface area contributed by atoms with E-state index in [0.29, 0.717) is 0 Å². The third-order valence-electron chi connectivity index (χ3n) is 1.89. The minimum atomic E-state index is 0.860. The average molecular weight is 166 g/mol. The van der Waals surface area contributed by atoms with Gasteiger partial charge in [-0.3, -0.25) is 0 Å². The summed E-state index contributed by atoms with van der Waals surface area (Å²) in [5.41, 5.74) is 1.30. The molecular weight excluding hydrogens is 156 g/mol. The first-order chi connectivity index (χ1) is 5.36. The summed E-state index contributed by atoms with van der Waals surface area (Å²) in [6, 6.07) is 6.04. The molecule has 0 atom stereocenters. The number of ether oxygens (including phenoxy) is 1. The van der Waals surface area contributed by atoms with Gasteiger partial charge in [-0.2, -0.15) is 0 Å². The van der Waals surface area contributed by atoms with E-state index in [0.717, 1.165) is 30.1 Å². The van der Waals surface area contributed by atoms with Crippen LogP contribution >= 0.6 is 12.6 Å². The zero-order valence-corrected chi connectivity index (χ0v) is 7.10. The molecule has 0 spiro atoms. The number of thiol groups is 1. The Labute approximate surface area is 71.8 Å². The number of benzene rings is 1. The molecule has 1 heterocycles. The molecule has 1 aromatic rings. The molecule has 0 aromatic heterocycles. The summed E-state index contributed by atoms with van der Waals surface area (Å²) in [6.07, 6.45) is 2.26. The smallest absolute Gasteiger partial charge is 0.122 e. The Kier molecular flexibility index (Phi) is 1.78. The molecule has 0 radical (unpaired) electrons. The third kappa shape index (κ3) is 1.36. The summed E-state index contributed by atoms with van der Waals surface area (Å²) in [4.78, 5) is 1.02. The molecular formula is C9H10OS. The first-order valence-electron chi connectivity index (χ1n) is 3.81. The van der Waals surface area contributed by atoms with Gasteiger partial charge in [0.2, 0.25) is 0 Å². The molecule has 0 N–H and O–H groups in total. The highest BCUT2D eigenvalue weighted by atomic mass is 32.1. The van der Waals surface area contributed by atoms with Crippen LogP contribution in [0.15, 0.2) is 23.1 Å². The molecule has 11 heavy (non-hydrogen) atoms. The molecule has 0 saturated heterocycles. The highest BCUT2D eigenvalue weighted by Gasteiger charge is 2.08. The van der Waals surface area contributed by atoms with E-state index in [1.165, 1.54) is 5.56 Å². The van der Waals surface area contributed by atoms with Crippen molar-refractivity contribution in [2.45, 2.75) is 17.7 Å². The van der Waals surface area contributed by atoms with Gasteiger partial charge in [-0.05, 0) is 36.6 Å². The first-order valence-corrected chi connectivity index (χ1v) is 4.26. The lowest BCUT2D eigenvalue weighted by molar-refractivity contribution is 0.288. The van der Waals surface area contributed by atoms with Crippen molar-refractivity contribution >= 4 is 12.6 Å². The molecule has 1 nitrogen and oxygen atoms in total. The zero-order valence-electron chi connectivity index (χ0n) is 6.21. The minimum absolute atomic E-state index is 0.860. The Morgan fingerprint density at radius 1 is 1.36 bits per heavy atom. The van der Waals surface area contributed by atoms with E-state index in [1.54, 1.807) is 0 Å². The van der Waals surface area contributed by atoms with Crippen LogP contribution in [0.3, 0.4) is 0 Å². The van der Waals surface area contributed by atoms with Crippen LogP contribution in [0.5, 0.6) is 5.75 Å². The van der Waals surface area contributed by atoms with E-state index in [-0.39, 0.29) is 0 Å². The van der Waals surface area contributed by atoms with Crippen LogP contribution in [-0.2, 0) is 6.42 Å². The quantitative estimate of drug-likeness (QED) is 0.582. The molecule has 58 valence electrons. The molecule has 2 rings (SSSR count). The van der Waals surface area contributed by atoms with Crippen LogP contribution in [-0.4, -0.2) is 6.61 Å². The average Bonchev–Trinajstić information content (AvgIpc) is 2.04. The van der Waals surface area contributed by atoms with E-state index in [2.05, 4.69) is 18.7 Å². The Bertz CT molecular complexity index is 270. The van der Waals surface area contributed by atoms with Crippen molar-refractivity contribution in [2.75, 3.05) is 6.61 Å². The summed E-state index contributed by atoms with van der Waals surface area (Å²) < 4.78 is 5.44. The van der Waals surface area contributed by atoms with E-state index in [1.807, 2.05) is 12.1 Å². The largest absolute Gasteiger partial charge is 0.493 e. The predicted octanol–water partition coefficient (Wildman–Crippen LogP) is 2.30. The molecule has 0 unspecified atom stereocenters. The minimum Gasteiger partial charge on any atom is -0.493 e. The van der Waals surface area contributed by atoms with Gasteiger partial charge < -0.3 is 4.74 Å². The molecule has 0 fully saturated rings. The van der Waals surface area contributed by atoms with Crippen LogP contribution in [0.4, 0.5) is 0 Å². The van der Waals surface area contributed by atoms with Crippen molar-refractivity contribution in [2.24, 2.45) is 0 Å². The van der Waals surface area contributed by atoms with E-state index in [9.17, 15) is 0 Å². The number of hydrogen-bond acceptors (Lipinski definition) is 2. The van der Waals surface area contributed by atoms with E-state index in [4.69, 9.17) is 4.74 Å². The lowest BCUT2D eigenvalue weighted by Crippen LogP contribution is -2.07. The lowest BCUT2D eigenvalue weighted by atomic mass is 10.1. The van der Waals surface area contributed by atoms with Crippen LogP contribution in [0.2, 0.25) is 0 Å². The maximum Gasteiger partial charge on any atom is 0.122 e. The summed E-state index contributed by atoms with van der Waals surface area (Å²) in [5, 5.41) is 0. The van der Waals surface area contributed by atoms with Gasteiger partial charge >= 0.3 is 0 Å². The van der Waals surface area contributed by atoms with Crippen molar-refractivity contribution in [3.63, 3.8) is 0 Å². The molecule has 1 aliphatic rings. The maximum absolute atomic E-state index is 5.44. The van der Waals surface area contributed by atoms with Gasteiger partial charge in [0.1, 0.15) is 5.75 Å². The summed E-state index contributed by atoms with van der Waals surface area (Å²) in [5.74, 6) is 1.04. The number of hydrogen-bond donors (Lipinski definition) is 1. The van der Waals surface area contributed by atoms with Gasteiger partial charge in [0.05, 0.1) is 6.61 Å². The van der Waals surface area contributed by atoms with Crippen LogP contribution in [0.25, 0.3) is 0 Å². The third-order valence-corrected chi connectivity index (χ3v) is 2.17. The maximum atomic E-state index is 5.44. The number of rotatable bonds is 0. The van der Waals surface area contributed by atoms with Gasteiger partial charge in [-0.15, -0.1) is 12.6 Å². The molecule has 0 saturated carbocycles. The molecule has 2 heteroatoms. The van der Waals surface area contributed by atoms with Crippen LogP contribution in [0.1, 0.15) is 12.0 Å². The number of fused-ring (bicyclic) bond motifs is 1. The first kappa shape index (κ1) is 7.04. The normalized spacial score (nSPS) is 15.4. The lowest BCUT2D eigenvalue weighted by Gasteiger charge is -2.16. The summed E-state index contributed by atoms with van der Waals surface area (Å²) >= 11 is 4.26. The Morgan fingerprint density at radius 3 is 3.18 bits per heavy atom. The highest BCUT2D eigenvalue weighted by molar-refractivity contribution is 7.80.